The maximum atomic E-state index is 12.0. The first kappa shape index (κ1) is 13.8. The zero-order chi connectivity index (χ0) is 13.6. The molecule has 1 aromatic rings. The van der Waals surface area contributed by atoms with E-state index in [1.165, 1.54) is 0 Å². The molecule has 1 aliphatic carbocycles. The van der Waals surface area contributed by atoms with Gasteiger partial charge in [0.2, 0.25) is 0 Å². The molecule has 1 saturated carbocycles. The Labute approximate surface area is 112 Å². The number of halogens is 1. The maximum absolute atomic E-state index is 12.0. The van der Waals surface area contributed by atoms with Crippen molar-refractivity contribution in [3.63, 3.8) is 0 Å². The fourth-order valence-corrected chi connectivity index (χ4v) is 4.71. The lowest BCUT2D eigenvalue weighted by atomic mass is 10.1. The first-order valence-electron chi connectivity index (χ1n) is 5.73. The van der Waals surface area contributed by atoms with Crippen LogP contribution in [-0.2, 0) is 9.84 Å². The largest absolute Gasteiger partial charge is 0.394 e. The SMILES string of the molecule is CCS(=O)(=O)C1C(c2cccc(Cl)c2)C1(N)CO. The molecule has 3 unspecified atom stereocenters. The lowest BCUT2D eigenvalue weighted by Crippen LogP contribution is -2.35. The Bertz CT molecular complexity index is 560. The van der Waals surface area contributed by atoms with E-state index >= 15 is 0 Å². The van der Waals surface area contributed by atoms with Gasteiger partial charge in [-0.1, -0.05) is 30.7 Å². The second-order valence-electron chi connectivity index (χ2n) is 4.68. The Morgan fingerprint density at radius 2 is 2.17 bits per heavy atom. The maximum Gasteiger partial charge on any atom is 0.155 e. The van der Waals surface area contributed by atoms with Gasteiger partial charge >= 0.3 is 0 Å². The van der Waals surface area contributed by atoms with Crippen molar-refractivity contribution < 1.29 is 13.5 Å². The van der Waals surface area contributed by atoms with E-state index in [-0.39, 0.29) is 18.3 Å². The Morgan fingerprint density at radius 1 is 1.50 bits per heavy atom. The quantitative estimate of drug-likeness (QED) is 0.864. The molecular formula is C12H16ClNO3S. The summed E-state index contributed by atoms with van der Waals surface area (Å²) < 4.78 is 24.0. The first-order chi connectivity index (χ1) is 8.36. The summed E-state index contributed by atoms with van der Waals surface area (Å²) in [6.07, 6.45) is 0. The minimum Gasteiger partial charge on any atom is -0.394 e. The van der Waals surface area contributed by atoms with Crippen LogP contribution in [0, 0.1) is 0 Å². The third-order valence-electron chi connectivity index (χ3n) is 3.57. The molecule has 2 rings (SSSR count). The van der Waals surface area contributed by atoms with Gasteiger partial charge in [0, 0.05) is 16.7 Å². The number of rotatable bonds is 4. The average Bonchev–Trinajstić information content (AvgIpc) is 2.98. The van der Waals surface area contributed by atoms with Gasteiger partial charge in [-0.05, 0) is 17.7 Å². The van der Waals surface area contributed by atoms with Gasteiger partial charge in [0.1, 0.15) is 0 Å². The van der Waals surface area contributed by atoms with E-state index in [4.69, 9.17) is 17.3 Å². The van der Waals surface area contributed by atoms with E-state index in [1.807, 2.05) is 0 Å². The predicted molar refractivity (Wildman–Crippen MR) is 71.4 cm³/mol. The summed E-state index contributed by atoms with van der Waals surface area (Å²) in [4.78, 5) is 0. The highest BCUT2D eigenvalue weighted by Gasteiger charge is 2.68. The molecular weight excluding hydrogens is 274 g/mol. The number of sulfone groups is 1. The van der Waals surface area contributed by atoms with E-state index in [0.717, 1.165) is 5.56 Å². The first-order valence-corrected chi connectivity index (χ1v) is 7.83. The summed E-state index contributed by atoms with van der Waals surface area (Å²) in [6.45, 7) is 1.23. The molecule has 1 aliphatic rings. The van der Waals surface area contributed by atoms with Crippen LogP contribution in [0.25, 0.3) is 0 Å². The topological polar surface area (TPSA) is 80.4 Å². The van der Waals surface area contributed by atoms with Gasteiger partial charge in [0.05, 0.1) is 17.4 Å². The number of benzene rings is 1. The molecule has 100 valence electrons. The third kappa shape index (κ3) is 2.05. The molecule has 1 fully saturated rings. The summed E-state index contributed by atoms with van der Waals surface area (Å²) in [5, 5.41) is 9.18. The lowest BCUT2D eigenvalue weighted by Gasteiger charge is -2.07. The third-order valence-corrected chi connectivity index (χ3v) is 6.10. The molecule has 0 aromatic heterocycles. The van der Waals surface area contributed by atoms with Crippen LogP contribution in [0.15, 0.2) is 24.3 Å². The monoisotopic (exact) mass is 289 g/mol. The Balaban J connectivity index is 2.40. The van der Waals surface area contributed by atoms with Crippen molar-refractivity contribution in [3.05, 3.63) is 34.9 Å². The van der Waals surface area contributed by atoms with Crippen LogP contribution < -0.4 is 5.73 Å². The number of nitrogens with two attached hydrogens (primary N) is 1. The zero-order valence-electron chi connectivity index (χ0n) is 10.0. The summed E-state index contributed by atoms with van der Waals surface area (Å²) >= 11 is 5.90. The Hall–Kier alpha value is -0.620. The van der Waals surface area contributed by atoms with Crippen LogP contribution >= 0.6 is 11.6 Å². The van der Waals surface area contributed by atoms with Gasteiger partial charge in [0.25, 0.3) is 0 Å². The predicted octanol–water partition coefficient (Wildman–Crippen LogP) is 0.930. The zero-order valence-corrected chi connectivity index (χ0v) is 11.6. The normalized spacial score (nSPS) is 31.3. The van der Waals surface area contributed by atoms with Crippen LogP contribution in [-0.4, -0.2) is 36.7 Å². The molecule has 0 radical (unpaired) electrons. The molecule has 6 heteroatoms. The van der Waals surface area contributed by atoms with E-state index in [9.17, 15) is 13.5 Å². The van der Waals surface area contributed by atoms with Crippen LogP contribution in [0.5, 0.6) is 0 Å². The van der Waals surface area contributed by atoms with E-state index in [0.29, 0.717) is 5.02 Å². The summed E-state index contributed by atoms with van der Waals surface area (Å²) in [6, 6.07) is 6.96. The van der Waals surface area contributed by atoms with E-state index in [2.05, 4.69) is 0 Å². The highest BCUT2D eigenvalue weighted by atomic mass is 35.5. The second kappa shape index (κ2) is 4.49. The summed E-state index contributed by atoms with van der Waals surface area (Å²) in [5.41, 5.74) is 5.69. The molecule has 0 spiro atoms. The van der Waals surface area contributed by atoms with Crippen molar-refractivity contribution in [1.82, 2.24) is 0 Å². The number of hydrogen-bond donors (Lipinski definition) is 2. The summed E-state index contributed by atoms with van der Waals surface area (Å²) in [5.74, 6) is -0.362. The minimum absolute atomic E-state index is 0.0215. The number of hydrogen-bond acceptors (Lipinski definition) is 4. The number of aliphatic hydroxyl groups excluding tert-OH is 1. The van der Waals surface area contributed by atoms with Crippen LogP contribution in [0.4, 0.5) is 0 Å². The number of aliphatic hydroxyl groups is 1. The van der Waals surface area contributed by atoms with Crippen LogP contribution in [0.1, 0.15) is 18.4 Å². The fourth-order valence-electron chi connectivity index (χ4n) is 2.52. The molecule has 3 atom stereocenters. The van der Waals surface area contributed by atoms with Gasteiger partial charge in [0.15, 0.2) is 9.84 Å². The molecule has 0 saturated heterocycles. The highest BCUT2D eigenvalue weighted by molar-refractivity contribution is 7.92. The molecule has 0 bridgehead atoms. The van der Waals surface area contributed by atoms with E-state index in [1.54, 1.807) is 31.2 Å². The molecule has 18 heavy (non-hydrogen) atoms. The van der Waals surface area contributed by atoms with E-state index < -0.39 is 20.6 Å². The minimum atomic E-state index is -3.28. The van der Waals surface area contributed by atoms with Gasteiger partial charge in [-0.25, -0.2) is 8.42 Å². The Morgan fingerprint density at radius 3 is 2.67 bits per heavy atom. The van der Waals surface area contributed by atoms with Crippen molar-refractivity contribution in [2.24, 2.45) is 5.73 Å². The lowest BCUT2D eigenvalue weighted by molar-refractivity contribution is 0.253. The molecule has 4 nitrogen and oxygen atoms in total. The average molecular weight is 290 g/mol. The molecule has 0 heterocycles. The molecule has 3 N–H and O–H groups in total. The van der Waals surface area contributed by atoms with Crippen LogP contribution in [0.2, 0.25) is 5.02 Å². The van der Waals surface area contributed by atoms with Gasteiger partial charge < -0.3 is 10.8 Å². The second-order valence-corrected chi connectivity index (χ2v) is 7.52. The highest BCUT2D eigenvalue weighted by Crippen LogP contribution is 2.54. The van der Waals surface area contributed by atoms with Gasteiger partial charge in [-0.15, -0.1) is 0 Å². The van der Waals surface area contributed by atoms with Crippen molar-refractivity contribution in [3.8, 4) is 0 Å². The van der Waals surface area contributed by atoms with Gasteiger partial charge in [-0.3, -0.25) is 0 Å². The molecule has 0 amide bonds. The van der Waals surface area contributed by atoms with Crippen molar-refractivity contribution in [1.29, 1.82) is 0 Å². The molecule has 0 aliphatic heterocycles. The standard InChI is InChI=1S/C12H16ClNO3S/c1-2-18(16,17)11-10(12(11,14)7-15)8-4-3-5-9(13)6-8/h3-6,10-11,15H,2,7,14H2,1H3. The van der Waals surface area contributed by atoms with Crippen molar-refractivity contribution in [2.45, 2.75) is 23.6 Å². The smallest absolute Gasteiger partial charge is 0.155 e. The fraction of sp³-hybridized carbons (Fsp3) is 0.500. The van der Waals surface area contributed by atoms with Crippen molar-refractivity contribution >= 4 is 21.4 Å². The van der Waals surface area contributed by atoms with Crippen molar-refractivity contribution in [2.75, 3.05) is 12.4 Å². The van der Waals surface area contributed by atoms with Gasteiger partial charge in [-0.2, -0.15) is 0 Å². The van der Waals surface area contributed by atoms with Crippen LogP contribution in [0.3, 0.4) is 0 Å². The Kier molecular flexibility index (Phi) is 3.44. The summed E-state index contributed by atoms with van der Waals surface area (Å²) in [7, 11) is -3.28. The molecule has 1 aromatic carbocycles.